The highest BCUT2D eigenvalue weighted by atomic mass is 79.9. The Morgan fingerprint density at radius 2 is 1.81 bits per heavy atom. The fourth-order valence-electron chi connectivity index (χ4n) is 3.83. The van der Waals surface area contributed by atoms with Crippen molar-refractivity contribution < 1.29 is 28.2 Å². The molecule has 0 aromatic heterocycles. The van der Waals surface area contributed by atoms with E-state index in [1.165, 1.54) is 19.3 Å². The minimum atomic E-state index is -0.815. The van der Waals surface area contributed by atoms with E-state index in [0.717, 1.165) is 10.5 Å². The molecular formula is C27H22BrFN2O5. The van der Waals surface area contributed by atoms with Crippen molar-refractivity contribution in [1.82, 2.24) is 5.32 Å². The molecule has 7 nitrogen and oxygen atoms in total. The van der Waals surface area contributed by atoms with Crippen molar-refractivity contribution in [3.8, 4) is 11.5 Å². The Balaban J connectivity index is 1.66. The Kier molecular flexibility index (Phi) is 7.21. The third-order valence-corrected chi connectivity index (χ3v) is 6.18. The van der Waals surface area contributed by atoms with Crippen molar-refractivity contribution in [1.29, 1.82) is 0 Å². The van der Waals surface area contributed by atoms with Crippen LogP contribution >= 0.6 is 15.9 Å². The summed E-state index contributed by atoms with van der Waals surface area (Å²) >= 11 is 3.42. The van der Waals surface area contributed by atoms with Gasteiger partial charge >= 0.3 is 6.03 Å². The van der Waals surface area contributed by atoms with Gasteiger partial charge in [-0.3, -0.25) is 14.9 Å². The van der Waals surface area contributed by atoms with Crippen LogP contribution in [0, 0.1) is 19.7 Å². The zero-order chi connectivity index (χ0) is 26.0. The van der Waals surface area contributed by atoms with E-state index < -0.39 is 23.7 Å². The number of methoxy groups -OCH3 is 1. The van der Waals surface area contributed by atoms with E-state index in [4.69, 9.17) is 9.47 Å². The van der Waals surface area contributed by atoms with E-state index in [1.54, 1.807) is 49.4 Å². The number of carbonyl (C=O) groups excluding carboxylic acids is 3. The number of anilines is 1. The average Bonchev–Trinajstić information content (AvgIpc) is 2.83. The fourth-order valence-corrected chi connectivity index (χ4v) is 4.40. The maximum atomic E-state index is 14.0. The van der Waals surface area contributed by atoms with Crippen LogP contribution in [0.25, 0.3) is 6.08 Å². The number of barbiturate groups is 1. The predicted octanol–water partition coefficient (Wildman–Crippen LogP) is 5.46. The third kappa shape index (κ3) is 5.01. The second kappa shape index (κ2) is 10.3. The number of aryl methyl sites for hydroxylation is 2. The molecule has 0 aliphatic carbocycles. The maximum Gasteiger partial charge on any atom is 0.335 e. The molecule has 0 unspecified atom stereocenters. The summed E-state index contributed by atoms with van der Waals surface area (Å²) in [6.07, 6.45) is 1.37. The number of carbonyl (C=O) groups is 3. The van der Waals surface area contributed by atoms with Crippen LogP contribution in [0.1, 0.15) is 22.3 Å². The van der Waals surface area contributed by atoms with Gasteiger partial charge in [-0.1, -0.05) is 35.9 Å². The molecule has 0 spiro atoms. The lowest BCUT2D eigenvalue weighted by Crippen LogP contribution is -2.54. The largest absolute Gasteiger partial charge is 0.493 e. The Labute approximate surface area is 215 Å². The van der Waals surface area contributed by atoms with Crippen molar-refractivity contribution >= 4 is 45.5 Å². The molecule has 0 atom stereocenters. The summed E-state index contributed by atoms with van der Waals surface area (Å²) < 4.78 is 25.7. The minimum absolute atomic E-state index is 0.0318. The molecule has 0 saturated carbocycles. The first-order valence-electron chi connectivity index (χ1n) is 10.9. The highest BCUT2D eigenvalue weighted by Crippen LogP contribution is 2.38. The molecule has 1 aliphatic heterocycles. The first kappa shape index (κ1) is 25.1. The number of rotatable bonds is 6. The summed E-state index contributed by atoms with van der Waals surface area (Å²) in [7, 11) is 1.44. The zero-order valence-electron chi connectivity index (χ0n) is 19.7. The quantitative estimate of drug-likeness (QED) is 0.324. The zero-order valence-corrected chi connectivity index (χ0v) is 21.3. The molecule has 1 aliphatic rings. The van der Waals surface area contributed by atoms with Gasteiger partial charge in [0.05, 0.1) is 17.3 Å². The van der Waals surface area contributed by atoms with E-state index in [1.807, 2.05) is 13.0 Å². The number of imide groups is 2. The lowest BCUT2D eigenvalue weighted by Gasteiger charge is -2.27. The molecular weight excluding hydrogens is 531 g/mol. The van der Waals surface area contributed by atoms with Crippen LogP contribution < -0.4 is 19.7 Å². The molecule has 1 heterocycles. The number of hydrogen-bond acceptors (Lipinski definition) is 5. The summed E-state index contributed by atoms with van der Waals surface area (Å²) in [5, 5.41) is 2.22. The van der Waals surface area contributed by atoms with Gasteiger partial charge in [-0.15, -0.1) is 0 Å². The van der Waals surface area contributed by atoms with Crippen LogP contribution in [-0.4, -0.2) is 25.0 Å². The lowest BCUT2D eigenvalue weighted by atomic mass is 10.0. The maximum absolute atomic E-state index is 14.0. The van der Waals surface area contributed by atoms with Crippen LogP contribution in [0.4, 0.5) is 14.9 Å². The second-order valence-electron chi connectivity index (χ2n) is 8.16. The number of hydrogen-bond donors (Lipinski definition) is 1. The van der Waals surface area contributed by atoms with Crippen LogP contribution in [0.15, 0.2) is 64.6 Å². The van der Waals surface area contributed by atoms with Crippen LogP contribution in [0.5, 0.6) is 11.5 Å². The van der Waals surface area contributed by atoms with Gasteiger partial charge in [-0.2, -0.15) is 0 Å². The first-order valence-corrected chi connectivity index (χ1v) is 11.7. The number of nitrogens with zero attached hydrogens (tertiary/aromatic N) is 1. The molecule has 36 heavy (non-hydrogen) atoms. The van der Waals surface area contributed by atoms with Crippen molar-refractivity contribution in [2.75, 3.05) is 12.0 Å². The molecule has 0 bridgehead atoms. The summed E-state index contributed by atoms with van der Waals surface area (Å²) in [4.78, 5) is 39.3. The van der Waals surface area contributed by atoms with Crippen LogP contribution in [0.3, 0.4) is 0 Å². The molecule has 184 valence electrons. The minimum Gasteiger partial charge on any atom is -0.493 e. The number of nitrogens with one attached hydrogen (secondary N) is 1. The van der Waals surface area contributed by atoms with Crippen molar-refractivity contribution in [2.45, 2.75) is 20.5 Å². The highest BCUT2D eigenvalue weighted by molar-refractivity contribution is 9.10. The topological polar surface area (TPSA) is 84.9 Å². The number of benzene rings is 3. The summed E-state index contributed by atoms with van der Waals surface area (Å²) in [5.41, 5.74) is 2.68. The van der Waals surface area contributed by atoms with Gasteiger partial charge < -0.3 is 9.47 Å². The van der Waals surface area contributed by atoms with E-state index in [9.17, 15) is 18.8 Å². The Bertz CT molecular complexity index is 1420. The first-order chi connectivity index (χ1) is 17.2. The van der Waals surface area contributed by atoms with Crippen LogP contribution in [0.2, 0.25) is 0 Å². The van der Waals surface area contributed by atoms with Gasteiger partial charge in [0.2, 0.25) is 0 Å². The van der Waals surface area contributed by atoms with Gasteiger partial charge in [0.15, 0.2) is 11.5 Å². The normalized spacial score (nSPS) is 14.8. The van der Waals surface area contributed by atoms with Gasteiger partial charge in [0.25, 0.3) is 11.8 Å². The molecule has 4 amide bonds. The van der Waals surface area contributed by atoms with E-state index in [0.29, 0.717) is 38.3 Å². The van der Waals surface area contributed by atoms with Crippen molar-refractivity contribution in [3.63, 3.8) is 0 Å². The highest BCUT2D eigenvalue weighted by Gasteiger charge is 2.37. The van der Waals surface area contributed by atoms with Gasteiger partial charge in [0, 0.05) is 5.56 Å². The standard InChI is InChI=1S/C27H22BrFN2O5/c1-15-8-9-22(16(2)10-15)31-26(33)19(25(32)30-27(31)34)11-17-12-20(28)24(23(13-17)35-3)36-14-18-6-4-5-7-21(18)29/h4-13H,14H2,1-3H3,(H,30,32,34)/b19-11+. The monoisotopic (exact) mass is 552 g/mol. The van der Waals surface area contributed by atoms with Gasteiger partial charge in [-0.25, -0.2) is 14.1 Å². The van der Waals surface area contributed by atoms with Gasteiger partial charge in [-0.05, 0) is 71.2 Å². The summed E-state index contributed by atoms with van der Waals surface area (Å²) in [5.74, 6) is -1.31. The third-order valence-electron chi connectivity index (χ3n) is 5.59. The molecule has 9 heteroatoms. The number of halogens is 2. The van der Waals surface area contributed by atoms with Crippen LogP contribution in [-0.2, 0) is 16.2 Å². The van der Waals surface area contributed by atoms with E-state index in [2.05, 4.69) is 21.2 Å². The second-order valence-corrected chi connectivity index (χ2v) is 9.02. The smallest absolute Gasteiger partial charge is 0.335 e. The number of amides is 4. The number of urea groups is 1. The van der Waals surface area contributed by atoms with E-state index >= 15 is 0 Å². The Morgan fingerprint density at radius 1 is 1.06 bits per heavy atom. The predicted molar refractivity (Wildman–Crippen MR) is 136 cm³/mol. The lowest BCUT2D eigenvalue weighted by molar-refractivity contribution is -0.122. The Morgan fingerprint density at radius 3 is 2.50 bits per heavy atom. The molecule has 1 fully saturated rings. The van der Waals surface area contributed by atoms with Crippen molar-refractivity contribution in [3.05, 3.63) is 92.7 Å². The molecule has 4 rings (SSSR count). The average molecular weight is 553 g/mol. The molecule has 3 aromatic carbocycles. The van der Waals surface area contributed by atoms with E-state index in [-0.39, 0.29) is 12.2 Å². The molecule has 3 aromatic rings. The molecule has 1 saturated heterocycles. The SMILES string of the molecule is COc1cc(/C=C2\C(=O)NC(=O)N(c3ccc(C)cc3C)C2=O)cc(Br)c1OCc1ccccc1F. The van der Waals surface area contributed by atoms with Crippen molar-refractivity contribution in [2.24, 2.45) is 0 Å². The molecule has 1 N–H and O–H groups in total. The number of ether oxygens (including phenoxy) is 2. The van der Waals surface area contributed by atoms with Gasteiger partial charge in [0.1, 0.15) is 18.0 Å². The Hall–Kier alpha value is -3.98. The molecule has 0 radical (unpaired) electrons. The summed E-state index contributed by atoms with van der Waals surface area (Å²) in [6.45, 7) is 3.65. The summed E-state index contributed by atoms with van der Waals surface area (Å²) in [6, 6.07) is 13.9. The fraction of sp³-hybridized carbons (Fsp3) is 0.148.